The zero-order valence-electron chi connectivity index (χ0n) is 46.6. The number of nitrogens with one attached hydrogen (secondary N) is 1. The lowest BCUT2D eigenvalue weighted by Gasteiger charge is -2.29. The van der Waals surface area contributed by atoms with Crippen LogP contribution in [0.4, 0.5) is 0 Å². The highest BCUT2D eigenvalue weighted by atomic mass is 31.2. The number of carbonyl (C=O) groups is 1. The van der Waals surface area contributed by atoms with Gasteiger partial charge in [-0.1, -0.05) is 225 Å². The van der Waals surface area contributed by atoms with Gasteiger partial charge in [-0.2, -0.15) is 0 Å². The first-order valence-corrected chi connectivity index (χ1v) is 30.0. The standard InChI is InChI=1S/C63H107N2O6P/c1-6-8-10-12-14-16-18-20-22-23-24-25-26-27-28-29-30-31-32-33-34-35-36-37-38-39-40-41-43-45-47-49-51-53-55-57-63(67)64-61(60-71-72(68,69)70-59-58-65(3,4)5)62(66)56-54-52-50-48-46-44-42-21-19-17-15-13-11-9-7-2/h8,10,14,16,19-22,24-25,27-28,30-31,33-34,36-37,46,48,54,56,61-62,66H,6-7,9,11-13,15,17-18,23,26,29,32,35,38-45,47,49-53,55,57-60H2,1-5H3,(H-,64,67,68,69)/b10-8-,16-14-,21-19+,22-20-,25-24-,28-27-,31-30-,34-33-,37-36-,48-46+,56-54+. The van der Waals surface area contributed by atoms with Crippen molar-refractivity contribution in [2.45, 2.75) is 219 Å². The topological polar surface area (TPSA) is 108 Å². The summed E-state index contributed by atoms with van der Waals surface area (Å²) in [6, 6.07) is -0.921. The zero-order valence-corrected chi connectivity index (χ0v) is 47.5. The number of carbonyl (C=O) groups excluding carboxylic acids is 1. The number of hydrogen-bond donors (Lipinski definition) is 2. The molecule has 0 saturated carbocycles. The van der Waals surface area contributed by atoms with Gasteiger partial charge in [0.15, 0.2) is 0 Å². The van der Waals surface area contributed by atoms with Crippen molar-refractivity contribution in [3.8, 4) is 0 Å². The number of aliphatic hydroxyl groups excluding tert-OH is 1. The minimum atomic E-state index is -4.62. The Morgan fingerprint density at radius 3 is 1.29 bits per heavy atom. The molecule has 3 atom stereocenters. The Morgan fingerprint density at radius 2 is 0.861 bits per heavy atom. The first-order valence-electron chi connectivity index (χ1n) is 28.5. The van der Waals surface area contributed by atoms with Gasteiger partial charge >= 0.3 is 0 Å². The molecule has 0 aliphatic heterocycles. The number of quaternary nitrogens is 1. The van der Waals surface area contributed by atoms with Crippen LogP contribution in [0.1, 0.15) is 206 Å². The summed E-state index contributed by atoms with van der Waals surface area (Å²) in [5.41, 5.74) is 0. The van der Waals surface area contributed by atoms with Crippen LogP contribution < -0.4 is 10.2 Å². The number of hydrogen-bond acceptors (Lipinski definition) is 6. The molecule has 2 N–H and O–H groups in total. The molecular weight excluding hydrogens is 912 g/mol. The van der Waals surface area contributed by atoms with Crippen LogP contribution in [0, 0.1) is 0 Å². The molecule has 0 aromatic heterocycles. The molecule has 0 radical (unpaired) electrons. The number of phosphoric acid groups is 1. The molecule has 410 valence electrons. The fourth-order valence-electron chi connectivity index (χ4n) is 7.38. The van der Waals surface area contributed by atoms with Crippen molar-refractivity contribution < 1.29 is 32.9 Å². The summed E-state index contributed by atoms with van der Waals surface area (Å²) < 4.78 is 23.3. The normalized spacial score (nSPS) is 14.9. The quantitative estimate of drug-likeness (QED) is 0.0272. The highest BCUT2D eigenvalue weighted by Gasteiger charge is 2.23. The molecule has 0 aromatic rings. The van der Waals surface area contributed by atoms with E-state index in [-0.39, 0.29) is 12.5 Å². The van der Waals surface area contributed by atoms with Gasteiger partial charge in [-0.25, -0.2) is 0 Å². The van der Waals surface area contributed by atoms with Crippen molar-refractivity contribution in [3.05, 3.63) is 134 Å². The Balaban J connectivity index is 4.21. The highest BCUT2D eigenvalue weighted by Crippen LogP contribution is 2.38. The van der Waals surface area contributed by atoms with Gasteiger partial charge in [-0.05, 0) is 109 Å². The van der Waals surface area contributed by atoms with Crippen molar-refractivity contribution in [1.82, 2.24) is 5.32 Å². The van der Waals surface area contributed by atoms with E-state index in [0.29, 0.717) is 17.4 Å². The lowest BCUT2D eigenvalue weighted by Crippen LogP contribution is -2.45. The Bertz CT molecular complexity index is 1630. The van der Waals surface area contributed by atoms with Crippen molar-refractivity contribution in [2.75, 3.05) is 40.9 Å². The van der Waals surface area contributed by atoms with E-state index in [4.69, 9.17) is 9.05 Å². The number of likely N-dealkylation sites (N-methyl/N-ethyl adjacent to an activating group) is 1. The third-order valence-corrected chi connectivity index (χ3v) is 12.8. The fraction of sp³-hybridized carbons (Fsp3) is 0.635. The maximum Gasteiger partial charge on any atom is 0.268 e. The molecule has 9 heteroatoms. The summed E-state index contributed by atoms with van der Waals surface area (Å²) in [6.45, 7) is 4.46. The van der Waals surface area contributed by atoms with E-state index in [0.717, 1.165) is 116 Å². The molecule has 0 aliphatic carbocycles. The SMILES string of the molecule is CC/C=C\C/C=C\C/C=C\C/C=C\C/C=C\C/C=C\C/C=C\C/C=C\CCCCCCCCCCCCC(=O)NC(COP(=O)([O-])OCC[N+](C)(C)C)C(O)/C=C/CC/C=C/CC/C=C/CCCCCCC. The lowest BCUT2D eigenvalue weighted by atomic mass is 10.0. The predicted molar refractivity (Wildman–Crippen MR) is 311 cm³/mol. The largest absolute Gasteiger partial charge is 0.756 e. The van der Waals surface area contributed by atoms with Gasteiger partial charge < -0.3 is 28.8 Å². The second kappa shape index (κ2) is 52.5. The predicted octanol–water partition coefficient (Wildman–Crippen LogP) is 16.9. The van der Waals surface area contributed by atoms with Gasteiger partial charge in [0.05, 0.1) is 39.9 Å². The smallest absolute Gasteiger partial charge is 0.268 e. The van der Waals surface area contributed by atoms with Crippen molar-refractivity contribution in [1.29, 1.82) is 0 Å². The summed E-state index contributed by atoms with van der Waals surface area (Å²) in [6.07, 6.45) is 79.6. The lowest BCUT2D eigenvalue weighted by molar-refractivity contribution is -0.870. The van der Waals surface area contributed by atoms with E-state index >= 15 is 0 Å². The second-order valence-electron chi connectivity index (χ2n) is 19.9. The molecule has 8 nitrogen and oxygen atoms in total. The Morgan fingerprint density at radius 1 is 0.500 bits per heavy atom. The van der Waals surface area contributed by atoms with Crippen LogP contribution in [0.15, 0.2) is 134 Å². The van der Waals surface area contributed by atoms with Crippen LogP contribution in [0.2, 0.25) is 0 Å². The average molecular weight is 1020 g/mol. The highest BCUT2D eigenvalue weighted by molar-refractivity contribution is 7.45. The maximum atomic E-state index is 12.9. The number of phosphoric ester groups is 1. The average Bonchev–Trinajstić information content (AvgIpc) is 3.34. The molecular formula is C63H107N2O6P. The van der Waals surface area contributed by atoms with Crippen LogP contribution in [-0.4, -0.2) is 68.5 Å². The van der Waals surface area contributed by atoms with Crippen molar-refractivity contribution in [2.24, 2.45) is 0 Å². The Labute approximate surface area is 443 Å². The molecule has 1 amide bonds. The fourth-order valence-corrected chi connectivity index (χ4v) is 8.10. The second-order valence-corrected chi connectivity index (χ2v) is 21.3. The Hall–Kier alpha value is -3.36. The molecule has 0 aliphatic rings. The summed E-state index contributed by atoms with van der Waals surface area (Å²) in [5, 5.41) is 13.8. The van der Waals surface area contributed by atoms with Crippen LogP contribution in [-0.2, 0) is 18.4 Å². The molecule has 0 bridgehead atoms. The molecule has 0 heterocycles. The van der Waals surface area contributed by atoms with Gasteiger partial charge in [-0.3, -0.25) is 9.36 Å². The maximum absolute atomic E-state index is 12.9. The molecule has 0 spiro atoms. The minimum absolute atomic E-state index is 0.0166. The van der Waals surface area contributed by atoms with E-state index in [2.05, 4.69) is 141 Å². The number of rotatable bonds is 50. The van der Waals surface area contributed by atoms with Gasteiger partial charge in [0.2, 0.25) is 5.91 Å². The number of allylic oxidation sites excluding steroid dienone is 21. The van der Waals surface area contributed by atoms with Gasteiger partial charge in [0.1, 0.15) is 13.2 Å². The number of amides is 1. The van der Waals surface area contributed by atoms with Crippen LogP contribution in [0.25, 0.3) is 0 Å². The van der Waals surface area contributed by atoms with Crippen LogP contribution in [0.3, 0.4) is 0 Å². The monoisotopic (exact) mass is 1020 g/mol. The van der Waals surface area contributed by atoms with E-state index in [9.17, 15) is 19.4 Å². The van der Waals surface area contributed by atoms with Crippen LogP contribution >= 0.6 is 7.82 Å². The molecule has 0 fully saturated rings. The number of aliphatic hydroxyl groups is 1. The Kier molecular flexibility index (Phi) is 50.1. The van der Waals surface area contributed by atoms with E-state index in [1.807, 2.05) is 27.2 Å². The summed E-state index contributed by atoms with van der Waals surface area (Å²) in [4.78, 5) is 25.5. The van der Waals surface area contributed by atoms with Crippen molar-refractivity contribution in [3.63, 3.8) is 0 Å². The third kappa shape index (κ3) is 54.4. The first-order chi connectivity index (χ1) is 35.0. The van der Waals surface area contributed by atoms with E-state index in [1.54, 1.807) is 6.08 Å². The van der Waals surface area contributed by atoms with Gasteiger partial charge in [0, 0.05) is 6.42 Å². The molecule has 72 heavy (non-hydrogen) atoms. The van der Waals surface area contributed by atoms with Crippen molar-refractivity contribution >= 4 is 13.7 Å². The van der Waals surface area contributed by atoms with E-state index < -0.39 is 26.6 Å². The molecule has 3 unspecified atom stereocenters. The van der Waals surface area contributed by atoms with Gasteiger partial charge in [0.25, 0.3) is 7.82 Å². The summed E-state index contributed by atoms with van der Waals surface area (Å²) in [5.74, 6) is -0.223. The number of nitrogens with zero attached hydrogens (tertiary/aromatic N) is 1. The molecule has 0 rings (SSSR count). The minimum Gasteiger partial charge on any atom is -0.756 e. The van der Waals surface area contributed by atoms with Crippen LogP contribution in [0.5, 0.6) is 0 Å². The summed E-state index contributed by atoms with van der Waals surface area (Å²) in [7, 11) is 1.21. The van der Waals surface area contributed by atoms with Gasteiger partial charge in [-0.15, -0.1) is 0 Å². The third-order valence-electron chi connectivity index (χ3n) is 11.8. The molecule has 0 aromatic carbocycles. The number of unbranched alkanes of at least 4 members (excludes halogenated alkanes) is 17. The first kappa shape index (κ1) is 68.6. The zero-order chi connectivity index (χ0) is 52.7. The van der Waals surface area contributed by atoms with E-state index in [1.165, 1.54) is 70.6 Å². The summed E-state index contributed by atoms with van der Waals surface area (Å²) >= 11 is 0. The molecule has 0 saturated heterocycles.